The lowest BCUT2D eigenvalue weighted by atomic mass is 10.0. The standard InChI is InChI=1S/C23H28FN3O/c1-16-14-20(27(13-3-4-17(27)2)21-11-12-25-15-21)9-10-22(16)26-23(28)18-5-7-19(24)8-6-18/h5-10,14,17,21,25H,3-4,11-13,15H2,1-2H3/p+1/t17-,21?,27?/m1/s1. The molecule has 2 aromatic carbocycles. The lowest BCUT2D eigenvalue weighted by Gasteiger charge is -2.43. The van der Waals surface area contributed by atoms with Crippen LogP contribution >= 0.6 is 0 Å². The van der Waals surface area contributed by atoms with Crippen LogP contribution in [0.4, 0.5) is 15.8 Å². The highest BCUT2D eigenvalue weighted by Crippen LogP contribution is 2.40. The number of hydrogen-bond donors (Lipinski definition) is 2. The van der Waals surface area contributed by atoms with Crippen LogP contribution in [0.5, 0.6) is 0 Å². The Hall–Kier alpha value is -2.24. The molecule has 2 N–H and O–H groups in total. The third kappa shape index (κ3) is 3.33. The van der Waals surface area contributed by atoms with Crippen LogP contribution in [0.1, 0.15) is 42.1 Å². The minimum absolute atomic E-state index is 0.214. The predicted octanol–water partition coefficient (Wildman–Crippen LogP) is 4.24. The molecular weight excluding hydrogens is 353 g/mol. The van der Waals surface area contributed by atoms with Gasteiger partial charge in [-0.25, -0.2) is 4.39 Å². The van der Waals surface area contributed by atoms with Crippen molar-refractivity contribution < 1.29 is 9.18 Å². The minimum atomic E-state index is -0.341. The summed E-state index contributed by atoms with van der Waals surface area (Å²) in [6, 6.07) is 13.3. The Labute approximate surface area is 166 Å². The van der Waals surface area contributed by atoms with Crippen LogP contribution in [0, 0.1) is 12.7 Å². The first-order chi connectivity index (χ1) is 13.5. The van der Waals surface area contributed by atoms with Gasteiger partial charge in [-0.1, -0.05) is 0 Å². The molecule has 2 unspecified atom stereocenters. The van der Waals surface area contributed by atoms with Crippen molar-refractivity contribution in [2.45, 2.75) is 45.2 Å². The van der Waals surface area contributed by atoms with Crippen molar-refractivity contribution in [1.29, 1.82) is 0 Å². The molecule has 1 amide bonds. The second-order valence-corrected chi connectivity index (χ2v) is 8.25. The lowest BCUT2D eigenvalue weighted by Crippen LogP contribution is -2.59. The molecule has 3 atom stereocenters. The average molecular weight is 383 g/mol. The first-order valence-corrected chi connectivity index (χ1v) is 10.3. The summed E-state index contributed by atoms with van der Waals surface area (Å²) in [4.78, 5) is 12.5. The van der Waals surface area contributed by atoms with Crippen molar-refractivity contribution in [3.63, 3.8) is 0 Å². The summed E-state index contributed by atoms with van der Waals surface area (Å²) in [7, 11) is 0. The zero-order valence-corrected chi connectivity index (χ0v) is 16.7. The van der Waals surface area contributed by atoms with Gasteiger partial charge in [-0.2, -0.15) is 0 Å². The van der Waals surface area contributed by atoms with Crippen molar-refractivity contribution >= 4 is 17.3 Å². The number of anilines is 1. The van der Waals surface area contributed by atoms with Crippen LogP contribution in [0.3, 0.4) is 0 Å². The third-order valence-corrected chi connectivity index (χ3v) is 6.67. The fourth-order valence-electron chi connectivity index (χ4n) is 5.11. The van der Waals surface area contributed by atoms with Crippen LogP contribution in [0.2, 0.25) is 0 Å². The van der Waals surface area contributed by atoms with E-state index in [1.165, 1.54) is 55.8 Å². The topological polar surface area (TPSA) is 41.1 Å². The number of hydrogen-bond acceptors (Lipinski definition) is 2. The Kier molecular flexibility index (Phi) is 5.21. The van der Waals surface area contributed by atoms with Gasteiger partial charge in [0.1, 0.15) is 17.5 Å². The van der Waals surface area contributed by atoms with Crippen LogP contribution in [0.15, 0.2) is 42.5 Å². The van der Waals surface area contributed by atoms with Crippen LogP contribution < -0.4 is 15.1 Å². The molecule has 28 heavy (non-hydrogen) atoms. The number of nitrogens with one attached hydrogen (secondary N) is 2. The van der Waals surface area contributed by atoms with E-state index < -0.39 is 0 Å². The van der Waals surface area contributed by atoms with Crippen LogP contribution in [0.25, 0.3) is 0 Å². The van der Waals surface area contributed by atoms with E-state index in [0.717, 1.165) is 28.8 Å². The highest BCUT2D eigenvalue weighted by atomic mass is 19.1. The van der Waals surface area contributed by atoms with Gasteiger partial charge in [-0.3, -0.25) is 9.28 Å². The molecule has 2 aromatic rings. The van der Waals surface area contributed by atoms with E-state index in [9.17, 15) is 9.18 Å². The summed E-state index contributed by atoms with van der Waals surface area (Å²) < 4.78 is 14.1. The lowest BCUT2D eigenvalue weighted by molar-refractivity contribution is 0.102. The maximum atomic E-state index is 13.1. The molecule has 0 spiro atoms. The van der Waals surface area contributed by atoms with Crippen molar-refractivity contribution in [3.8, 4) is 0 Å². The second kappa shape index (κ2) is 7.64. The van der Waals surface area contributed by atoms with E-state index in [1.54, 1.807) is 0 Å². The third-order valence-electron chi connectivity index (χ3n) is 6.67. The van der Waals surface area contributed by atoms with Gasteiger partial charge in [0.2, 0.25) is 0 Å². The Balaban J connectivity index is 1.60. The van der Waals surface area contributed by atoms with Gasteiger partial charge in [0.15, 0.2) is 0 Å². The fraction of sp³-hybridized carbons (Fsp3) is 0.435. The molecule has 0 bridgehead atoms. The molecule has 4 nitrogen and oxygen atoms in total. The number of nitrogens with zero attached hydrogens (tertiary/aromatic N) is 1. The number of halogens is 1. The molecule has 0 aliphatic carbocycles. The van der Waals surface area contributed by atoms with Gasteiger partial charge in [0.25, 0.3) is 5.91 Å². The smallest absolute Gasteiger partial charge is 0.255 e. The Morgan fingerprint density at radius 1 is 1.18 bits per heavy atom. The molecule has 4 rings (SSSR count). The Morgan fingerprint density at radius 2 is 1.96 bits per heavy atom. The summed E-state index contributed by atoms with van der Waals surface area (Å²) in [5.74, 6) is -0.554. The zero-order valence-electron chi connectivity index (χ0n) is 16.7. The Morgan fingerprint density at radius 3 is 2.57 bits per heavy atom. The molecule has 2 saturated heterocycles. The van der Waals surface area contributed by atoms with Gasteiger partial charge in [0.05, 0.1) is 12.6 Å². The first-order valence-electron chi connectivity index (χ1n) is 10.3. The number of carbonyl (C=O) groups is 1. The highest BCUT2D eigenvalue weighted by molar-refractivity contribution is 6.04. The molecular formula is C23H29FN3O+. The minimum Gasteiger partial charge on any atom is -0.322 e. The summed E-state index contributed by atoms with van der Waals surface area (Å²) >= 11 is 0. The molecule has 2 aliphatic heterocycles. The zero-order chi connectivity index (χ0) is 19.7. The number of aryl methyl sites for hydroxylation is 1. The molecule has 2 aliphatic rings. The number of likely N-dealkylation sites (tertiary alicyclic amines) is 1. The normalized spacial score (nSPS) is 27.1. The molecule has 0 aromatic heterocycles. The molecule has 2 heterocycles. The first kappa shape index (κ1) is 19.1. The van der Waals surface area contributed by atoms with Crippen molar-refractivity contribution in [2.75, 3.05) is 25.0 Å². The highest BCUT2D eigenvalue weighted by Gasteiger charge is 2.48. The van der Waals surface area contributed by atoms with Crippen molar-refractivity contribution in [3.05, 3.63) is 59.4 Å². The quantitative estimate of drug-likeness (QED) is 0.777. The van der Waals surface area contributed by atoms with E-state index in [1.807, 2.05) is 13.0 Å². The van der Waals surface area contributed by atoms with Gasteiger partial charge < -0.3 is 10.6 Å². The van der Waals surface area contributed by atoms with E-state index in [-0.39, 0.29) is 11.7 Å². The maximum Gasteiger partial charge on any atom is 0.255 e. The molecule has 148 valence electrons. The summed E-state index contributed by atoms with van der Waals surface area (Å²) in [6.45, 7) is 7.79. The molecule has 0 saturated carbocycles. The van der Waals surface area contributed by atoms with Gasteiger partial charge in [-0.05, 0) is 49.7 Å². The summed E-state index contributed by atoms with van der Waals surface area (Å²) in [5.41, 5.74) is 3.69. The van der Waals surface area contributed by atoms with Gasteiger partial charge in [0, 0.05) is 55.7 Å². The molecule has 2 fully saturated rings. The largest absolute Gasteiger partial charge is 0.322 e. The number of quaternary nitrogens is 1. The number of amides is 1. The fourth-order valence-corrected chi connectivity index (χ4v) is 5.11. The molecule has 5 heteroatoms. The SMILES string of the molecule is Cc1cc([N+]2(C3CCNC3)CCC[C@H]2C)ccc1NC(=O)c1ccc(F)cc1. The average Bonchev–Trinajstić information content (AvgIpc) is 3.34. The summed E-state index contributed by atoms with van der Waals surface area (Å²) in [5, 5.41) is 6.52. The number of rotatable bonds is 4. The van der Waals surface area contributed by atoms with E-state index in [4.69, 9.17) is 0 Å². The van der Waals surface area contributed by atoms with E-state index >= 15 is 0 Å². The maximum absolute atomic E-state index is 13.1. The molecule has 0 radical (unpaired) electrons. The Bertz CT molecular complexity index is 861. The number of benzene rings is 2. The van der Waals surface area contributed by atoms with Gasteiger partial charge >= 0.3 is 0 Å². The summed E-state index contributed by atoms with van der Waals surface area (Å²) in [6.07, 6.45) is 3.74. The van der Waals surface area contributed by atoms with Gasteiger partial charge in [-0.15, -0.1) is 0 Å². The van der Waals surface area contributed by atoms with Crippen LogP contribution in [-0.2, 0) is 0 Å². The van der Waals surface area contributed by atoms with Crippen LogP contribution in [-0.4, -0.2) is 37.6 Å². The van der Waals surface area contributed by atoms with Crippen molar-refractivity contribution in [1.82, 2.24) is 9.80 Å². The van der Waals surface area contributed by atoms with Crippen molar-refractivity contribution in [2.24, 2.45) is 0 Å². The number of carbonyl (C=O) groups excluding carboxylic acids is 1. The monoisotopic (exact) mass is 382 g/mol. The van der Waals surface area contributed by atoms with E-state index in [2.05, 4.69) is 29.7 Å². The van der Waals surface area contributed by atoms with E-state index in [0.29, 0.717) is 17.6 Å². The predicted molar refractivity (Wildman–Crippen MR) is 112 cm³/mol. The second-order valence-electron chi connectivity index (χ2n) is 8.25.